The third-order valence-electron chi connectivity index (χ3n) is 2.08. The van der Waals surface area contributed by atoms with Gasteiger partial charge in [0.2, 0.25) is 5.91 Å². The number of amides is 1. The second-order valence-corrected chi connectivity index (χ2v) is 3.58. The third-order valence-corrected chi connectivity index (χ3v) is 2.08. The Morgan fingerprint density at radius 3 is 2.53 bits per heavy atom. The first kappa shape index (κ1) is 13.7. The molecule has 0 aliphatic carbocycles. The highest BCUT2D eigenvalue weighted by molar-refractivity contribution is 5.77. The summed E-state index contributed by atoms with van der Waals surface area (Å²) in [6.45, 7) is 7.73. The Morgan fingerprint density at radius 1 is 1.53 bits per heavy atom. The predicted molar refractivity (Wildman–Crippen MR) is 58.5 cm³/mol. The molecule has 0 aromatic carbocycles. The van der Waals surface area contributed by atoms with Crippen LogP contribution in [0.3, 0.4) is 0 Å². The van der Waals surface area contributed by atoms with E-state index in [1.54, 1.807) is 13.0 Å². The van der Waals surface area contributed by atoms with Gasteiger partial charge in [-0.3, -0.25) is 9.59 Å². The van der Waals surface area contributed by atoms with Crippen molar-refractivity contribution < 1.29 is 14.7 Å². The number of nitrogens with zero attached hydrogens (tertiary/aromatic N) is 1. The molecule has 0 heterocycles. The fourth-order valence-electron chi connectivity index (χ4n) is 1.21. The van der Waals surface area contributed by atoms with Crippen molar-refractivity contribution in [2.75, 3.05) is 13.1 Å². The largest absolute Gasteiger partial charge is 0.481 e. The summed E-state index contributed by atoms with van der Waals surface area (Å²) in [7, 11) is 0. The number of rotatable bonds is 7. The lowest BCUT2D eigenvalue weighted by atomic mass is 10.1. The fraction of sp³-hybridized carbons (Fsp3) is 0.636. The quantitative estimate of drug-likeness (QED) is 0.652. The van der Waals surface area contributed by atoms with Crippen molar-refractivity contribution in [2.45, 2.75) is 26.7 Å². The highest BCUT2D eigenvalue weighted by Gasteiger charge is 2.18. The Labute approximate surface area is 90.6 Å². The second-order valence-electron chi connectivity index (χ2n) is 3.58. The maximum atomic E-state index is 11.6. The molecule has 15 heavy (non-hydrogen) atoms. The summed E-state index contributed by atoms with van der Waals surface area (Å²) in [4.78, 5) is 23.8. The van der Waals surface area contributed by atoms with Gasteiger partial charge in [-0.1, -0.05) is 19.9 Å². The molecule has 1 atom stereocenters. The van der Waals surface area contributed by atoms with E-state index >= 15 is 0 Å². The van der Waals surface area contributed by atoms with Crippen molar-refractivity contribution in [2.24, 2.45) is 5.92 Å². The van der Waals surface area contributed by atoms with Gasteiger partial charge in [-0.2, -0.15) is 0 Å². The molecule has 0 bridgehead atoms. The van der Waals surface area contributed by atoms with Gasteiger partial charge < -0.3 is 10.0 Å². The number of aliphatic carboxylic acids is 1. The van der Waals surface area contributed by atoms with E-state index in [4.69, 9.17) is 5.11 Å². The van der Waals surface area contributed by atoms with Crippen molar-refractivity contribution >= 4 is 11.9 Å². The molecular formula is C11H19NO3. The zero-order valence-corrected chi connectivity index (χ0v) is 9.40. The van der Waals surface area contributed by atoms with Crippen molar-refractivity contribution in [3.05, 3.63) is 12.7 Å². The number of carbonyl (C=O) groups is 2. The first-order valence-electron chi connectivity index (χ1n) is 5.14. The monoisotopic (exact) mass is 213 g/mol. The second kappa shape index (κ2) is 7.04. The molecule has 0 aromatic rings. The summed E-state index contributed by atoms with van der Waals surface area (Å²) >= 11 is 0. The van der Waals surface area contributed by atoms with Crippen molar-refractivity contribution in [1.29, 1.82) is 0 Å². The van der Waals surface area contributed by atoms with Crippen LogP contribution < -0.4 is 0 Å². The zero-order valence-electron chi connectivity index (χ0n) is 9.40. The lowest BCUT2D eigenvalue weighted by molar-refractivity contribution is -0.142. The van der Waals surface area contributed by atoms with Crippen molar-refractivity contribution in [3.63, 3.8) is 0 Å². The molecule has 0 fully saturated rings. The van der Waals surface area contributed by atoms with Crippen LogP contribution in [0, 0.1) is 5.92 Å². The number of hydrogen-bond donors (Lipinski definition) is 1. The Morgan fingerprint density at radius 2 is 2.13 bits per heavy atom. The van der Waals surface area contributed by atoms with E-state index in [1.807, 2.05) is 6.92 Å². The number of hydrogen-bond acceptors (Lipinski definition) is 2. The lowest BCUT2D eigenvalue weighted by Gasteiger charge is -2.22. The molecule has 86 valence electrons. The van der Waals surface area contributed by atoms with Gasteiger partial charge in [0, 0.05) is 19.5 Å². The molecular weight excluding hydrogens is 194 g/mol. The Balaban J connectivity index is 4.32. The van der Waals surface area contributed by atoms with Gasteiger partial charge >= 0.3 is 5.97 Å². The van der Waals surface area contributed by atoms with Crippen LogP contribution in [0.1, 0.15) is 26.7 Å². The molecule has 0 saturated carbocycles. The summed E-state index contributed by atoms with van der Waals surface area (Å²) in [6, 6.07) is 0. The topological polar surface area (TPSA) is 57.6 Å². The maximum absolute atomic E-state index is 11.6. The first-order chi connectivity index (χ1) is 7.02. The van der Waals surface area contributed by atoms with E-state index in [0.717, 1.165) is 6.42 Å². The average Bonchev–Trinajstić information content (AvgIpc) is 2.17. The summed E-state index contributed by atoms with van der Waals surface area (Å²) in [5, 5.41) is 8.75. The molecule has 1 amide bonds. The molecule has 0 rings (SSSR count). The van der Waals surface area contributed by atoms with Gasteiger partial charge in [0.05, 0.1) is 5.92 Å². The molecule has 4 heteroatoms. The molecule has 0 spiro atoms. The minimum absolute atomic E-state index is 0.00880. The van der Waals surface area contributed by atoms with E-state index in [9.17, 15) is 9.59 Å². The van der Waals surface area contributed by atoms with Gasteiger partial charge in [0.15, 0.2) is 0 Å². The highest BCUT2D eigenvalue weighted by atomic mass is 16.4. The first-order valence-corrected chi connectivity index (χ1v) is 5.14. The molecule has 0 saturated heterocycles. The summed E-state index contributed by atoms with van der Waals surface area (Å²) in [5.74, 6) is -1.43. The smallest absolute Gasteiger partial charge is 0.308 e. The minimum atomic E-state index is -0.881. The van der Waals surface area contributed by atoms with Gasteiger partial charge in [0.1, 0.15) is 0 Å². The van der Waals surface area contributed by atoms with Gasteiger partial charge in [-0.05, 0) is 6.42 Å². The fourth-order valence-corrected chi connectivity index (χ4v) is 1.21. The van der Waals surface area contributed by atoms with E-state index in [-0.39, 0.29) is 12.5 Å². The standard InChI is InChI=1S/C11H19NO3/c1-4-6-10(13)12(7-5-2)8-9(3)11(14)15/h5,9H,2,4,6-8H2,1,3H3,(H,14,15). The third kappa shape index (κ3) is 5.20. The van der Waals surface area contributed by atoms with Crippen LogP contribution in [0.4, 0.5) is 0 Å². The molecule has 0 aliphatic rings. The highest BCUT2D eigenvalue weighted by Crippen LogP contribution is 2.04. The minimum Gasteiger partial charge on any atom is -0.481 e. The maximum Gasteiger partial charge on any atom is 0.308 e. The molecule has 0 aliphatic heterocycles. The summed E-state index contributed by atoms with van der Waals surface area (Å²) in [5.41, 5.74) is 0. The lowest BCUT2D eigenvalue weighted by Crippen LogP contribution is -2.36. The van der Waals surface area contributed by atoms with Crippen LogP contribution in [0.25, 0.3) is 0 Å². The van der Waals surface area contributed by atoms with Crippen LogP contribution in [0.15, 0.2) is 12.7 Å². The number of carboxylic acid groups (broad SMARTS) is 1. The molecule has 4 nitrogen and oxygen atoms in total. The van der Waals surface area contributed by atoms with Gasteiger partial charge in [-0.15, -0.1) is 6.58 Å². The van der Waals surface area contributed by atoms with Crippen molar-refractivity contribution in [3.8, 4) is 0 Å². The summed E-state index contributed by atoms with van der Waals surface area (Å²) in [6.07, 6.45) is 2.84. The van der Waals surface area contributed by atoms with Crippen LogP contribution in [-0.2, 0) is 9.59 Å². The zero-order chi connectivity index (χ0) is 11.8. The van der Waals surface area contributed by atoms with E-state index < -0.39 is 11.9 Å². The number of carbonyl (C=O) groups excluding carboxylic acids is 1. The molecule has 0 radical (unpaired) electrons. The number of carboxylic acids is 1. The average molecular weight is 213 g/mol. The SMILES string of the molecule is C=CCN(CC(C)C(=O)O)C(=O)CCC. The van der Waals surface area contributed by atoms with Crippen molar-refractivity contribution in [1.82, 2.24) is 4.90 Å². The van der Waals surface area contributed by atoms with Gasteiger partial charge in [0.25, 0.3) is 0 Å². The van der Waals surface area contributed by atoms with Crippen LogP contribution >= 0.6 is 0 Å². The molecule has 1 N–H and O–H groups in total. The Bertz CT molecular complexity index is 238. The summed E-state index contributed by atoms with van der Waals surface area (Å²) < 4.78 is 0. The normalized spacial score (nSPS) is 11.9. The molecule has 0 aromatic heterocycles. The van der Waals surface area contributed by atoms with Crippen LogP contribution in [0.2, 0.25) is 0 Å². The Kier molecular flexibility index (Phi) is 6.42. The van der Waals surface area contributed by atoms with E-state index in [2.05, 4.69) is 6.58 Å². The Hall–Kier alpha value is -1.32. The van der Waals surface area contributed by atoms with E-state index in [0.29, 0.717) is 13.0 Å². The van der Waals surface area contributed by atoms with E-state index in [1.165, 1.54) is 4.90 Å². The molecule has 1 unspecified atom stereocenters. The van der Waals surface area contributed by atoms with Gasteiger partial charge in [-0.25, -0.2) is 0 Å². The van der Waals surface area contributed by atoms with Crippen LogP contribution in [0.5, 0.6) is 0 Å². The predicted octanol–water partition coefficient (Wildman–Crippen LogP) is 1.52. The van der Waals surface area contributed by atoms with Crippen LogP contribution in [-0.4, -0.2) is 35.0 Å².